The van der Waals surface area contributed by atoms with Gasteiger partial charge in [-0.2, -0.15) is 0 Å². The number of carboxylic acid groups (broad SMARTS) is 1. The van der Waals surface area contributed by atoms with E-state index in [1.807, 2.05) is 35.2 Å². The third kappa shape index (κ3) is 3.63. The summed E-state index contributed by atoms with van der Waals surface area (Å²) in [7, 11) is 0. The Hall–Kier alpha value is -2.10. The van der Waals surface area contributed by atoms with Crippen molar-refractivity contribution in [3.63, 3.8) is 0 Å². The second-order valence-electron chi connectivity index (χ2n) is 6.55. The van der Waals surface area contributed by atoms with Crippen LogP contribution in [0.15, 0.2) is 35.9 Å². The molecular weight excluding hydrogens is 290 g/mol. The van der Waals surface area contributed by atoms with Gasteiger partial charge in [-0.25, -0.2) is 4.79 Å². The molecule has 1 amide bonds. The number of benzene rings is 1. The number of carbonyl (C=O) groups excluding carboxylic acids is 1. The Labute approximate surface area is 136 Å². The molecular formula is C19H23NO3. The van der Waals surface area contributed by atoms with E-state index < -0.39 is 5.97 Å². The van der Waals surface area contributed by atoms with Crippen LogP contribution in [0.1, 0.15) is 44.1 Å². The fraction of sp³-hybridized carbons (Fsp3) is 0.474. The standard InChI is InChI=1S/C19H23NO3/c21-18(20-11-10-15-8-4-5-9-17(15)20)13-16(19(22)23)12-14-6-2-1-3-7-14/h1-3,6-7,12,15,17H,4-5,8-11,13H2,(H,22,23)/b16-12+/t15-,17+/m1/s1. The van der Waals surface area contributed by atoms with Crippen molar-refractivity contribution >= 4 is 18.0 Å². The molecule has 2 aliphatic rings. The Kier molecular flexibility index (Phi) is 4.79. The maximum Gasteiger partial charge on any atom is 0.332 e. The highest BCUT2D eigenvalue weighted by Crippen LogP contribution is 2.36. The Morgan fingerprint density at radius 2 is 1.87 bits per heavy atom. The second-order valence-corrected chi connectivity index (χ2v) is 6.55. The van der Waals surface area contributed by atoms with E-state index in [0.717, 1.165) is 24.9 Å². The number of hydrogen-bond acceptors (Lipinski definition) is 2. The largest absolute Gasteiger partial charge is 0.478 e. The van der Waals surface area contributed by atoms with Gasteiger partial charge >= 0.3 is 5.97 Å². The number of aliphatic carboxylic acids is 1. The first-order chi connectivity index (χ1) is 11.1. The fourth-order valence-electron chi connectivity index (χ4n) is 3.92. The summed E-state index contributed by atoms with van der Waals surface area (Å²) >= 11 is 0. The molecule has 1 N–H and O–H groups in total. The van der Waals surface area contributed by atoms with Gasteiger partial charge in [-0.1, -0.05) is 43.2 Å². The Bertz CT molecular complexity index is 608. The van der Waals surface area contributed by atoms with E-state index in [1.165, 1.54) is 19.3 Å². The van der Waals surface area contributed by atoms with Gasteiger partial charge in [-0.15, -0.1) is 0 Å². The van der Waals surface area contributed by atoms with Crippen LogP contribution < -0.4 is 0 Å². The first-order valence-corrected chi connectivity index (χ1v) is 8.43. The molecule has 2 fully saturated rings. The van der Waals surface area contributed by atoms with Crippen molar-refractivity contribution in [3.8, 4) is 0 Å². The molecule has 3 rings (SSSR count). The molecule has 122 valence electrons. The number of nitrogens with zero attached hydrogens (tertiary/aromatic N) is 1. The fourth-order valence-corrected chi connectivity index (χ4v) is 3.92. The summed E-state index contributed by atoms with van der Waals surface area (Å²) in [5.74, 6) is -0.426. The SMILES string of the molecule is O=C(O)/C(=C/c1ccccc1)CC(=O)N1CC[C@H]2CCCC[C@@H]21. The second kappa shape index (κ2) is 6.99. The lowest BCUT2D eigenvalue weighted by Gasteiger charge is -2.31. The topological polar surface area (TPSA) is 57.6 Å². The molecule has 0 spiro atoms. The molecule has 1 aliphatic heterocycles. The maximum absolute atomic E-state index is 12.6. The van der Waals surface area contributed by atoms with Gasteiger partial charge in [0, 0.05) is 18.2 Å². The third-order valence-corrected chi connectivity index (χ3v) is 5.09. The third-order valence-electron chi connectivity index (χ3n) is 5.09. The van der Waals surface area contributed by atoms with Gasteiger partial charge in [0.1, 0.15) is 0 Å². The average Bonchev–Trinajstić information content (AvgIpc) is 2.99. The van der Waals surface area contributed by atoms with Crippen LogP contribution in [0.5, 0.6) is 0 Å². The monoisotopic (exact) mass is 313 g/mol. The number of hydrogen-bond donors (Lipinski definition) is 1. The Morgan fingerprint density at radius 1 is 1.13 bits per heavy atom. The van der Waals surface area contributed by atoms with Crippen molar-refractivity contribution in [2.75, 3.05) is 6.54 Å². The minimum Gasteiger partial charge on any atom is -0.478 e. The normalized spacial score (nSPS) is 24.3. The quantitative estimate of drug-likeness (QED) is 0.867. The summed E-state index contributed by atoms with van der Waals surface area (Å²) in [6.07, 6.45) is 7.37. The Balaban J connectivity index is 1.72. The lowest BCUT2D eigenvalue weighted by Crippen LogP contribution is -2.39. The summed E-state index contributed by atoms with van der Waals surface area (Å²) < 4.78 is 0. The molecule has 0 aromatic heterocycles. The molecule has 1 aliphatic carbocycles. The lowest BCUT2D eigenvalue weighted by molar-refractivity contribution is -0.137. The first-order valence-electron chi connectivity index (χ1n) is 8.43. The summed E-state index contributed by atoms with van der Waals surface area (Å²) in [6, 6.07) is 9.64. The molecule has 0 radical (unpaired) electrons. The van der Waals surface area contributed by atoms with Gasteiger partial charge in [-0.3, -0.25) is 4.79 Å². The van der Waals surface area contributed by atoms with Crippen LogP contribution in [0.25, 0.3) is 6.08 Å². The summed E-state index contributed by atoms with van der Waals surface area (Å²) in [5, 5.41) is 9.42. The van der Waals surface area contributed by atoms with E-state index in [9.17, 15) is 14.7 Å². The zero-order chi connectivity index (χ0) is 16.2. The van der Waals surface area contributed by atoms with E-state index in [4.69, 9.17) is 0 Å². The zero-order valence-electron chi connectivity index (χ0n) is 13.3. The maximum atomic E-state index is 12.6. The molecule has 23 heavy (non-hydrogen) atoms. The van der Waals surface area contributed by atoms with Crippen LogP contribution in [0.3, 0.4) is 0 Å². The molecule has 4 nitrogen and oxygen atoms in total. The van der Waals surface area contributed by atoms with Crippen LogP contribution in [0, 0.1) is 5.92 Å². The van der Waals surface area contributed by atoms with Gasteiger partial charge < -0.3 is 10.0 Å². The number of rotatable bonds is 4. The number of amides is 1. The number of fused-ring (bicyclic) bond motifs is 1. The number of carbonyl (C=O) groups is 2. The molecule has 0 bridgehead atoms. The highest BCUT2D eigenvalue weighted by Gasteiger charge is 2.38. The van der Waals surface area contributed by atoms with Gasteiger partial charge in [0.15, 0.2) is 0 Å². The van der Waals surface area contributed by atoms with E-state index in [0.29, 0.717) is 12.0 Å². The minimum absolute atomic E-state index is 0.0204. The molecule has 1 heterocycles. The van der Waals surface area contributed by atoms with Crippen LogP contribution in [-0.2, 0) is 9.59 Å². The van der Waals surface area contributed by atoms with Gasteiger partial charge in [-0.05, 0) is 36.8 Å². The Morgan fingerprint density at radius 3 is 2.61 bits per heavy atom. The van der Waals surface area contributed by atoms with Gasteiger partial charge in [0.25, 0.3) is 0 Å². The summed E-state index contributed by atoms with van der Waals surface area (Å²) in [4.78, 5) is 26.1. The van der Waals surface area contributed by atoms with Crippen molar-refractivity contribution < 1.29 is 14.7 Å². The molecule has 1 aromatic rings. The van der Waals surface area contributed by atoms with Crippen LogP contribution in [-0.4, -0.2) is 34.5 Å². The highest BCUT2D eigenvalue weighted by molar-refractivity contribution is 5.98. The zero-order valence-corrected chi connectivity index (χ0v) is 13.3. The first kappa shape index (κ1) is 15.8. The molecule has 4 heteroatoms. The van der Waals surface area contributed by atoms with E-state index in [1.54, 1.807) is 6.08 Å². The summed E-state index contributed by atoms with van der Waals surface area (Å²) in [6.45, 7) is 0.784. The number of carboxylic acids is 1. The van der Waals surface area contributed by atoms with Crippen molar-refractivity contribution in [3.05, 3.63) is 41.5 Å². The van der Waals surface area contributed by atoms with Crippen molar-refractivity contribution in [2.24, 2.45) is 5.92 Å². The van der Waals surface area contributed by atoms with E-state index >= 15 is 0 Å². The van der Waals surface area contributed by atoms with Crippen molar-refractivity contribution in [2.45, 2.75) is 44.6 Å². The highest BCUT2D eigenvalue weighted by atomic mass is 16.4. The van der Waals surface area contributed by atoms with Gasteiger partial charge in [0.05, 0.1) is 6.42 Å². The minimum atomic E-state index is -1.01. The smallest absolute Gasteiger partial charge is 0.332 e. The molecule has 1 saturated heterocycles. The van der Waals surface area contributed by atoms with E-state index in [2.05, 4.69) is 0 Å². The van der Waals surface area contributed by atoms with Crippen molar-refractivity contribution in [1.29, 1.82) is 0 Å². The molecule has 0 unspecified atom stereocenters. The predicted octanol–water partition coefficient (Wildman–Crippen LogP) is 3.34. The van der Waals surface area contributed by atoms with Crippen LogP contribution in [0.4, 0.5) is 0 Å². The average molecular weight is 313 g/mol. The van der Waals surface area contributed by atoms with Crippen LogP contribution in [0.2, 0.25) is 0 Å². The lowest BCUT2D eigenvalue weighted by atomic mass is 9.85. The van der Waals surface area contributed by atoms with Crippen LogP contribution >= 0.6 is 0 Å². The number of likely N-dealkylation sites (tertiary alicyclic amines) is 1. The van der Waals surface area contributed by atoms with E-state index in [-0.39, 0.29) is 17.9 Å². The van der Waals surface area contributed by atoms with Gasteiger partial charge in [0.2, 0.25) is 5.91 Å². The molecule has 1 saturated carbocycles. The predicted molar refractivity (Wildman–Crippen MR) is 88.7 cm³/mol. The molecule has 1 aromatic carbocycles. The molecule has 2 atom stereocenters. The van der Waals surface area contributed by atoms with Crippen molar-refractivity contribution in [1.82, 2.24) is 4.90 Å². The summed E-state index contributed by atoms with van der Waals surface area (Å²) in [5.41, 5.74) is 0.982.